The Balaban J connectivity index is 1.64. The highest BCUT2D eigenvalue weighted by Gasteiger charge is 2.24. The first-order valence-electron chi connectivity index (χ1n) is 8.93. The van der Waals surface area contributed by atoms with Gasteiger partial charge in [-0.25, -0.2) is 9.07 Å². The van der Waals surface area contributed by atoms with Gasteiger partial charge in [-0.3, -0.25) is 9.59 Å². The number of benzene rings is 1. The summed E-state index contributed by atoms with van der Waals surface area (Å²) >= 11 is 6.35. The van der Waals surface area contributed by atoms with Crippen LogP contribution < -0.4 is 10.6 Å². The molecule has 9 heteroatoms. The first kappa shape index (κ1) is 20.6. The van der Waals surface area contributed by atoms with Gasteiger partial charge in [-0.05, 0) is 43.7 Å². The van der Waals surface area contributed by atoms with Gasteiger partial charge in [0.2, 0.25) is 5.91 Å². The van der Waals surface area contributed by atoms with Crippen LogP contribution in [0.3, 0.4) is 0 Å². The summed E-state index contributed by atoms with van der Waals surface area (Å²) in [6.45, 7) is 3.74. The van der Waals surface area contributed by atoms with Crippen molar-refractivity contribution in [2.24, 2.45) is 0 Å². The lowest BCUT2D eigenvalue weighted by atomic mass is 10.2. The molecule has 3 rings (SSSR count). The Hall–Kier alpha value is -3.13. The molecule has 0 radical (unpaired) electrons. The number of furan rings is 1. The first-order valence-corrected chi connectivity index (χ1v) is 9.31. The van der Waals surface area contributed by atoms with Gasteiger partial charge >= 0.3 is 0 Å². The number of hydrogen-bond acceptors (Lipinski definition) is 4. The molecular formula is C20H20ClFN4O3. The zero-order valence-electron chi connectivity index (χ0n) is 15.9. The fourth-order valence-electron chi connectivity index (χ4n) is 2.75. The molecule has 1 aromatic carbocycles. The van der Waals surface area contributed by atoms with E-state index in [4.69, 9.17) is 16.0 Å². The fraction of sp³-hybridized carbons (Fsp3) is 0.250. The molecule has 0 saturated heterocycles. The summed E-state index contributed by atoms with van der Waals surface area (Å²) < 4.78 is 19.7. The molecule has 29 heavy (non-hydrogen) atoms. The summed E-state index contributed by atoms with van der Waals surface area (Å²) in [5.41, 5.74) is 1.41. The number of hydrogen-bond donors (Lipinski definition) is 2. The van der Waals surface area contributed by atoms with E-state index in [0.717, 1.165) is 5.56 Å². The lowest BCUT2D eigenvalue weighted by Crippen LogP contribution is -2.44. The lowest BCUT2D eigenvalue weighted by Gasteiger charge is -2.13. The molecule has 3 aromatic rings. The van der Waals surface area contributed by atoms with E-state index < -0.39 is 11.9 Å². The van der Waals surface area contributed by atoms with Crippen molar-refractivity contribution in [1.82, 2.24) is 20.4 Å². The van der Waals surface area contributed by atoms with Crippen LogP contribution in [0.25, 0.3) is 0 Å². The van der Waals surface area contributed by atoms with E-state index in [1.54, 1.807) is 38.1 Å². The van der Waals surface area contributed by atoms with Crippen molar-refractivity contribution in [2.45, 2.75) is 33.0 Å². The highest BCUT2D eigenvalue weighted by Crippen LogP contribution is 2.21. The normalized spacial score (nSPS) is 11.9. The predicted molar refractivity (Wildman–Crippen MR) is 105 cm³/mol. The minimum Gasteiger partial charge on any atom is -0.467 e. The van der Waals surface area contributed by atoms with E-state index in [0.29, 0.717) is 11.5 Å². The van der Waals surface area contributed by atoms with E-state index in [1.807, 2.05) is 0 Å². The third kappa shape index (κ3) is 5.03. The largest absolute Gasteiger partial charge is 0.467 e. The van der Waals surface area contributed by atoms with Crippen LogP contribution in [0, 0.1) is 12.7 Å². The molecule has 0 aliphatic carbocycles. The number of aryl methyl sites for hydroxylation is 1. The van der Waals surface area contributed by atoms with Gasteiger partial charge in [-0.15, -0.1) is 0 Å². The molecule has 0 fully saturated rings. The van der Waals surface area contributed by atoms with Crippen molar-refractivity contribution in [2.75, 3.05) is 0 Å². The second kappa shape index (κ2) is 8.91. The van der Waals surface area contributed by atoms with Gasteiger partial charge in [0.25, 0.3) is 5.91 Å². The second-order valence-electron chi connectivity index (χ2n) is 6.53. The maximum Gasteiger partial charge on any atom is 0.256 e. The molecule has 2 heterocycles. The fourth-order valence-corrected chi connectivity index (χ4v) is 3.07. The number of amides is 2. The highest BCUT2D eigenvalue weighted by atomic mass is 35.5. The Morgan fingerprint density at radius 2 is 2.00 bits per heavy atom. The molecule has 2 N–H and O–H groups in total. The van der Waals surface area contributed by atoms with Gasteiger partial charge in [0, 0.05) is 0 Å². The Labute approximate surface area is 171 Å². The van der Waals surface area contributed by atoms with Gasteiger partial charge in [0.15, 0.2) is 0 Å². The number of halogens is 2. The van der Waals surface area contributed by atoms with Gasteiger partial charge in [-0.1, -0.05) is 23.7 Å². The van der Waals surface area contributed by atoms with Crippen molar-refractivity contribution < 1.29 is 18.4 Å². The smallest absolute Gasteiger partial charge is 0.256 e. The van der Waals surface area contributed by atoms with Crippen LogP contribution in [0.2, 0.25) is 5.15 Å². The standard InChI is InChI=1S/C20H20ClFN4O3/c1-12-17(18(21)26(25-12)11-14-5-7-15(22)8-6-14)20(28)24-13(2)19(27)23-10-16-4-3-9-29-16/h3-9,13H,10-11H2,1-2H3,(H,23,27)(H,24,28). The average molecular weight is 419 g/mol. The Morgan fingerprint density at radius 3 is 2.66 bits per heavy atom. The predicted octanol–water partition coefficient (Wildman–Crippen LogP) is 3.06. The second-order valence-corrected chi connectivity index (χ2v) is 6.89. The molecule has 0 saturated carbocycles. The van der Waals surface area contributed by atoms with Crippen molar-refractivity contribution >= 4 is 23.4 Å². The van der Waals surface area contributed by atoms with Crippen LogP contribution in [0.5, 0.6) is 0 Å². The minimum absolute atomic E-state index is 0.146. The van der Waals surface area contributed by atoms with Crippen molar-refractivity contribution in [1.29, 1.82) is 0 Å². The zero-order valence-corrected chi connectivity index (χ0v) is 16.7. The Kier molecular flexibility index (Phi) is 6.33. The van der Waals surface area contributed by atoms with E-state index in [9.17, 15) is 14.0 Å². The monoisotopic (exact) mass is 418 g/mol. The van der Waals surface area contributed by atoms with E-state index in [-0.39, 0.29) is 35.5 Å². The molecule has 7 nitrogen and oxygen atoms in total. The third-order valence-corrected chi connectivity index (χ3v) is 4.68. The maximum atomic E-state index is 13.1. The highest BCUT2D eigenvalue weighted by molar-refractivity contribution is 6.33. The topological polar surface area (TPSA) is 89.2 Å². The molecule has 2 aromatic heterocycles. The summed E-state index contributed by atoms with van der Waals surface area (Å²) in [6.07, 6.45) is 1.51. The van der Waals surface area contributed by atoms with Crippen molar-refractivity contribution in [3.63, 3.8) is 0 Å². The van der Waals surface area contributed by atoms with Gasteiger partial charge < -0.3 is 15.1 Å². The molecule has 1 unspecified atom stereocenters. The van der Waals surface area contributed by atoms with Gasteiger partial charge in [0.1, 0.15) is 22.8 Å². The number of rotatable bonds is 7. The number of carbonyl (C=O) groups is 2. The van der Waals surface area contributed by atoms with Crippen molar-refractivity contribution in [3.05, 3.63) is 76.2 Å². The molecule has 1 atom stereocenters. The molecule has 0 bridgehead atoms. The minimum atomic E-state index is -0.784. The van der Waals surface area contributed by atoms with Crippen LogP contribution in [0.4, 0.5) is 4.39 Å². The molecule has 2 amide bonds. The van der Waals surface area contributed by atoms with E-state index >= 15 is 0 Å². The quantitative estimate of drug-likeness (QED) is 0.617. The number of aromatic nitrogens is 2. The zero-order chi connectivity index (χ0) is 21.0. The molecule has 0 aliphatic rings. The van der Waals surface area contributed by atoms with E-state index in [1.165, 1.54) is 23.1 Å². The summed E-state index contributed by atoms with van der Waals surface area (Å²) in [4.78, 5) is 24.8. The summed E-state index contributed by atoms with van der Waals surface area (Å²) in [7, 11) is 0. The van der Waals surface area contributed by atoms with Gasteiger partial charge in [-0.2, -0.15) is 5.10 Å². The van der Waals surface area contributed by atoms with Crippen molar-refractivity contribution in [3.8, 4) is 0 Å². The number of nitrogens with one attached hydrogen (secondary N) is 2. The summed E-state index contributed by atoms with van der Waals surface area (Å²) in [6, 6.07) is 8.60. The summed E-state index contributed by atoms with van der Waals surface area (Å²) in [5, 5.41) is 9.74. The van der Waals surface area contributed by atoms with Crippen LogP contribution in [-0.2, 0) is 17.9 Å². The maximum absolute atomic E-state index is 13.1. The van der Waals surface area contributed by atoms with Crippen LogP contribution in [-0.4, -0.2) is 27.6 Å². The average Bonchev–Trinajstić information content (AvgIpc) is 3.29. The SMILES string of the molecule is Cc1nn(Cc2ccc(F)cc2)c(Cl)c1C(=O)NC(C)C(=O)NCc1ccco1. The molecule has 0 spiro atoms. The molecule has 152 valence electrons. The number of nitrogens with zero attached hydrogens (tertiary/aromatic N) is 2. The first-order chi connectivity index (χ1) is 13.8. The Bertz CT molecular complexity index is 1000. The van der Waals surface area contributed by atoms with Crippen LogP contribution >= 0.6 is 11.6 Å². The van der Waals surface area contributed by atoms with Crippen LogP contribution in [0.15, 0.2) is 47.1 Å². The van der Waals surface area contributed by atoms with Gasteiger partial charge in [0.05, 0.1) is 30.6 Å². The molecule has 0 aliphatic heterocycles. The summed E-state index contributed by atoms with van der Waals surface area (Å²) in [5.74, 6) is -0.588. The van der Waals surface area contributed by atoms with E-state index in [2.05, 4.69) is 15.7 Å². The van der Waals surface area contributed by atoms with Crippen LogP contribution in [0.1, 0.15) is 34.3 Å². The third-order valence-electron chi connectivity index (χ3n) is 4.30. The molecular weight excluding hydrogens is 399 g/mol. The number of carbonyl (C=O) groups excluding carboxylic acids is 2. The lowest BCUT2D eigenvalue weighted by molar-refractivity contribution is -0.122. The Morgan fingerprint density at radius 1 is 1.28 bits per heavy atom.